The van der Waals surface area contributed by atoms with E-state index in [4.69, 9.17) is 0 Å². The lowest BCUT2D eigenvalue weighted by molar-refractivity contribution is -0.0224. The summed E-state index contributed by atoms with van der Waals surface area (Å²) in [7, 11) is 1.87. The maximum absolute atomic E-state index is 14.5. The van der Waals surface area contributed by atoms with Crippen LogP contribution in [0, 0.1) is 11.7 Å². The van der Waals surface area contributed by atoms with Crippen LogP contribution >= 0.6 is 0 Å². The van der Waals surface area contributed by atoms with Crippen molar-refractivity contribution < 1.29 is 14.3 Å². The number of aromatic nitrogens is 2. The van der Waals surface area contributed by atoms with E-state index >= 15 is 0 Å². The molecule has 5 rings (SSSR count). The number of hydrogen-bond acceptors (Lipinski definition) is 3. The van der Waals surface area contributed by atoms with Gasteiger partial charge in [-0.3, -0.25) is 9.48 Å². The van der Waals surface area contributed by atoms with Crippen molar-refractivity contribution in [3.8, 4) is 22.3 Å². The molecular weight excluding hydrogens is 393 g/mol. The molecule has 2 aromatic carbocycles. The van der Waals surface area contributed by atoms with E-state index in [0.29, 0.717) is 29.2 Å². The van der Waals surface area contributed by atoms with Crippen LogP contribution in [0.25, 0.3) is 22.3 Å². The Bertz CT molecular complexity index is 1160. The summed E-state index contributed by atoms with van der Waals surface area (Å²) < 4.78 is 16.3. The number of fused-ring (bicyclic) bond motifs is 1. The largest absolute Gasteiger partial charge is 0.388 e. The maximum Gasteiger partial charge on any atom is 0.255 e. The van der Waals surface area contributed by atoms with Crippen molar-refractivity contribution in [1.82, 2.24) is 14.7 Å². The number of carbonyl (C=O) groups is 1. The third-order valence-corrected chi connectivity index (χ3v) is 6.36. The first-order valence-electron chi connectivity index (χ1n) is 10.7. The average molecular weight is 420 g/mol. The van der Waals surface area contributed by atoms with Crippen LogP contribution in [0.15, 0.2) is 48.8 Å². The quantitative estimate of drug-likeness (QED) is 0.667. The fraction of sp³-hybridized carbons (Fsp3) is 0.360. The number of halogens is 1. The van der Waals surface area contributed by atoms with Crippen LogP contribution in [-0.4, -0.2) is 37.3 Å². The number of hydrogen-bond donors (Lipinski definition) is 1. The molecular formula is C25H26FN3O2. The molecule has 1 atom stereocenters. The number of amides is 1. The van der Waals surface area contributed by atoms with Crippen molar-refractivity contribution in [1.29, 1.82) is 0 Å². The van der Waals surface area contributed by atoms with E-state index < -0.39 is 5.60 Å². The number of nitrogens with zero attached hydrogens (tertiary/aromatic N) is 3. The molecule has 6 heteroatoms. The molecule has 5 nitrogen and oxygen atoms in total. The van der Waals surface area contributed by atoms with Gasteiger partial charge in [0.2, 0.25) is 0 Å². The summed E-state index contributed by atoms with van der Waals surface area (Å²) >= 11 is 0. The molecule has 3 aromatic rings. The number of aryl methyl sites for hydroxylation is 1. The fourth-order valence-corrected chi connectivity index (χ4v) is 4.93. The number of carbonyl (C=O) groups excluding carboxylic acids is 1. The second-order valence-corrected chi connectivity index (χ2v) is 9.34. The summed E-state index contributed by atoms with van der Waals surface area (Å²) in [5, 5.41) is 15.0. The van der Waals surface area contributed by atoms with Crippen molar-refractivity contribution in [2.24, 2.45) is 13.0 Å². The number of rotatable bonds is 5. The highest BCUT2D eigenvalue weighted by molar-refractivity contribution is 6.05. The van der Waals surface area contributed by atoms with Gasteiger partial charge in [-0.1, -0.05) is 24.3 Å². The van der Waals surface area contributed by atoms with E-state index in [1.165, 1.54) is 12.1 Å². The molecule has 0 bridgehead atoms. The Balaban J connectivity index is 1.53. The molecule has 1 aromatic heterocycles. The highest BCUT2D eigenvalue weighted by Crippen LogP contribution is 2.44. The zero-order valence-corrected chi connectivity index (χ0v) is 18.0. The third kappa shape index (κ3) is 3.55. The van der Waals surface area contributed by atoms with Gasteiger partial charge in [0.25, 0.3) is 5.91 Å². The van der Waals surface area contributed by atoms with Gasteiger partial charge in [0.15, 0.2) is 0 Å². The maximum atomic E-state index is 14.5. The van der Waals surface area contributed by atoms with Crippen molar-refractivity contribution in [3.63, 3.8) is 0 Å². The minimum Gasteiger partial charge on any atom is -0.388 e. The molecule has 31 heavy (non-hydrogen) atoms. The van der Waals surface area contributed by atoms with Crippen molar-refractivity contribution >= 4 is 5.91 Å². The molecule has 2 aliphatic rings. The molecule has 1 unspecified atom stereocenters. The van der Waals surface area contributed by atoms with Gasteiger partial charge in [0, 0.05) is 25.4 Å². The molecule has 1 aliphatic carbocycles. The molecule has 1 N–H and O–H groups in total. The molecule has 160 valence electrons. The first kappa shape index (κ1) is 19.9. The zero-order valence-electron chi connectivity index (χ0n) is 18.0. The summed E-state index contributed by atoms with van der Waals surface area (Å²) in [6.07, 6.45) is 5.74. The van der Waals surface area contributed by atoms with Crippen LogP contribution < -0.4 is 0 Å². The average Bonchev–Trinajstić information content (AvgIpc) is 3.35. The van der Waals surface area contributed by atoms with Gasteiger partial charge in [-0.2, -0.15) is 5.10 Å². The van der Waals surface area contributed by atoms with Crippen LogP contribution in [-0.2, 0) is 13.6 Å². The van der Waals surface area contributed by atoms with E-state index in [2.05, 4.69) is 5.10 Å². The molecule has 1 amide bonds. The van der Waals surface area contributed by atoms with E-state index in [0.717, 1.165) is 29.5 Å². The van der Waals surface area contributed by atoms with Crippen molar-refractivity contribution in [2.75, 3.05) is 0 Å². The van der Waals surface area contributed by atoms with Gasteiger partial charge in [-0.25, -0.2) is 4.39 Å². The summed E-state index contributed by atoms with van der Waals surface area (Å²) in [6.45, 7) is 3.84. The lowest BCUT2D eigenvalue weighted by atomic mass is 9.92. The highest BCUT2D eigenvalue weighted by atomic mass is 19.1. The van der Waals surface area contributed by atoms with Gasteiger partial charge >= 0.3 is 0 Å². The molecule has 1 aliphatic heterocycles. The summed E-state index contributed by atoms with van der Waals surface area (Å²) in [4.78, 5) is 15.2. The Morgan fingerprint density at radius 3 is 2.39 bits per heavy atom. The lowest BCUT2D eigenvalue weighted by Gasteiger charge is -2.37. The minimum atomic E-state index is -1.01. The zero-order chi connectivity index (χ0) is 21.9. The van der Waals surface area contributed by atoms with Crippen LogP contribution in [0.5, 0.6) is 0 Å². The van der Waals surface area contributed by atoms with Gasteiger partial charge in [-0.05, 0) is 67.0 Å². The predicted molar refractivity (Wildman–Crippen MR) is 117 cm³/mol. The molecule has 0 spiro atoms. The third-order valence-electron chi connectivity index (χ3n) is 6.36. The van der Waals surface area contributed by atoms with Crippen molar-refractivity contribution in [2.45, 2.75) is 44.9 Å². The van der Waals surface area contributed by atoms with Crippen LogP contribution in [0.3, 0.4) is 0 Å². The van der Waals surface area contributed by atoms with Crippen molar-refractivity contribution in [3.05, 3.63) is 65.7 Å². The van der Waals surface area contributed by atoms with Gasteiger partial charge in [0.1, 0.15) is 5.82 Å². The fourth-order valence-electron chi connectivity index (χ4n) is 4.93. The van der Waals surface area contributed by atoms with Gasteiger partial charge in [-0.15, -0.1) is 0 Å². The van der Waals surface area contributed by atoms with E-state index in [1.54, 1.807) is 29.6 Å². The highest BCUT2D eigenvalue weighted by Gasteiger charge is 2.48. The van der Waals surface area contributed by atoms with Crippen LogP contribution in [0.4, 0.5) is 4.39 Å². The first-order valence-corrected chi connectivity index (χ1v) is 10.7. The van der Waals surface area contributed by atoms with E-state index in [9.17, 15) is 14.3 Å². The smallest absolute Gasteiger partial charge is 0.255 e. The topological polar surface area (TPSA) is 58.4 Å². The Labute approximate surface area is 181 Å². The Hall–Kier alpha value is -2.99. The SMILES string of the molecule is Cn1cc(-c2ccc(-c3cc(F)cc4c3C(=O)N(C(C3CC3)C(C)(C)O)C4)cc2)cn1. The predicted octanol–water partition coefficient (Wildman–Crippen LogP) is 4.40. The number of benzene rings is 2. The monoisotopic (exact) mass is 419 g/mol. The Kier molecular flexibility index (Phi) is 4.52. The molecule has 1 saturated carbocycles. The second kappa shape index (κ2) is 7.02. The Morgan fingerprint density at radius 1 is 1.13 bits per heavy atom. The molecule has 0 radical (unpaired) electrons. The minimum absolute atomic E-state index is 0.125. The lowest BCUT2D eigenvalue weighted by Crippen LogP contribution is -2.51. The first-order chi connectivity index (χ1) is 14.7. The number of aliphatic hydroxyl groups is 1. The molecule has 2 heterocycles. The van der Waals surface area contributed by atoms with Crippen LogP contribution in [0.2, 0.25) is 0 Å². The molecule has 0 saturated heterocycles. The standard InChI is InChI=1S/C25H26FN3O2/c1-25(2,31)23(17-8-9-17)29-14-18-10-20(26)11-21(22(18)24(29)30)16-6-4-15(5-7-16)19-12-27-28(3)13-19/h4-7,10-13,17,23,31H,8-9,14H2,1-3H3. The second-order valence-electron chi connectivity index (χ2n) is 9.34. The summed E-state index contributed by atoms with van der Waals surface area (Å²) in [5.74, 6) is -0.184. The van der Waals surface area contributed by atoms with Gasteiger partial charge < -0.3 is 10.0 Å². The summed E-state index contributed by atoms with van der Waals surface area (Å²) in [6, 6.07) is 10.4. The van der Waals surface area contributed by atoms with Gasteiger partial charge in [0.05, 0.1) is 23.4 Å². The van der Waals surface area contributed by atoms with E-state index in [1.807, 2.05) is 37.5 Å². The Morgan fingerprint density at radius 2 is 1.81 bits per heavy atom. The molecule has 1 fully saturated rings. The summed E-state index contributed by atoms with van der Waals surface area (Å²) in [5.41, 5.74) is 3.63. The van der Waals surface area contributed by atoms with E-state index in [-0.39, 0.29) is 17.8 Å². The van der Waals surface area contributed by atoms with Crippen LogP contribution in [0.1, 0.15) is 42.6 Å². The normalized spacial score (nSPS) is 17.2.